The van der Waals surface area contributed by atoms with Gasteiger partial charge in [-0.25, -0.2) is 0 Å². The molecule has 0 radical (unpaired) electrons. The van der Waals surface area contributed by atoms with Gasteiger partial charge in [-0.2, -0.15) is 0 Å². The number of ether oxygens (including phenoxy) is 2. The van der Waals surface area contributed by atoms with Crippen molar-refractivity contribution < 1.29 is 19.4 Å². The molecule has 0 N–H and O–H groups in total. The van der Waals surface area contributed by atoms with Crippen LogP contribution in [0.15, 0.2) is 16.6 Å². The maximum absolute atomic E-state index is 10.6. The zero-order valence-electron chi connectivity index (χ0n) is 7.67. The zero-order valence-corrected chi connectivity index (χ0v) is 9.25. The highest BCUT2D eigenvalue weighted by molar-refractivity contribution is 9.10. The van der Waals surface area contributed by atoms with Crippen LogP contribution in [0.25, 0.3) is 0 Å². The monoisotopic (exact) mass is 259 g/mol. The van der Waals surface area contributed by atoms with Gasteiger partial charge in [0, 0.05) is 5.56 Å². The lowest BCUT2D eigenvalue weighted by Gasteiger charge is -2.12. The van der Waals surface area contributed by atoms with Gasteiger partial charge in [-0.05, 0) is 28.1 Å². The van der Waals surface area contributed by atoms with Crippen molar-refractivity contribution in [2.45, 2.75) is 0 Å². The Morgan fingerprint density at radius 3 is 2.43 bits per heavy atom. The zero-order chi connectivity index (χ0) is 10.7. The van der Waals surface area contributed by atoms with Crippen LogP contribution in [0.5, 0.6) is 11.5 Å². The average molecular weight is 260 g/mol. The van der Waals surface area contributed by atoms with Gasteiger partial charge in [0.1, 0.15) is 0 Å². The molecule has 0 aliphatic heterocycles. The minimum Gasteiger partial charge on any atom is -0.545 e. The first-order valence-electron chi connectivity index (χ1n) is 3.73. The molecule has 76 valence electrons. The molecule has 0 spiro atoms. The molecule has 0 amide bonds. The summed E-state index contributed by atoms with van der Waals surface area (Å²) in [6.07, 6.45) is 0. The van der Waals surface area contributed by atoms with Crippen molar-refractivity contribution in [3.63, 3.8) is 0 Å². The standard InChI is InChI=1S/C9H9BrO4/c1-13-7-4-5(9(11)12)3-6(10)8(7)14-2/h3-4H,1-2H3,(H,11,12)/p-1. The smallest absolute Gasteiger partial charge is 0.174 e. The third-order valence-corrected chi connectivity index (χ3v) is 2.26. The molecular formula is C9H8BrO4-. The molecule has 1 aromatic carbocycles. The van der Waals surface area contributed by atoms with Crippen molar-refractivity contribution in [1.82, 2.24) is 0 Å². The first-order chi connectivity index (χ1) is 6.60. The van der Waals surface area contributed by atoms with Crippen molar-refractivity contribution >= 4 is 21.9 Å². The highest BCUT2D eigenvalue weighted by Gasteiger charge is 2.10. The van der Waals surface area contributed by atoms with Crippen molar-refractivity contribution in [3.05, 3.63) is 22.2 Å². The molecule has 0 bridgehead atoms. The minimum atomic E-state index is -1.26. The van der Waals surface area contributed by atoms with Crippen LogP contribution in [-0.2, 0) is 0 Å². The Hall–Kier alpha value is -1.23. The number of carboxylic acid groups (broad SMARTS) is 1. The number of rotatable bonds is 3. The van der Waals surface area contributed by atoms with Gasteiger partial charge in [-0.15, -0.1) is 0 Å². The van der Waals surface area contributed by atoms with Crippen molar-refractivity contribution in [2.24, 2.45) is 0 Å². The Bertz CT molecular complexity index is 362. The third kappa shape index (κ3) is 1.98. The van der Waals surface area contributed by atoms with Crippen LogP contribution in [0.4, 0.5) is 0 Å². The predicted molar refractivity (Wildman–Crippen MR) is 51.6 cm³/mol. The molecule has 5 heteroatoms. The van der Waals surface area contributed by atoms with Crippen LogP contribution >= 0.6 is 15.9 Å². The van der Waals surface area contributed by atoms with Crippen LogP contribution in [0.3, 0.4) is 0 Å². The Balaban J connectivity index is 3.31. The highest BCUT2D eigenvalue weighted by Crippen LogP contribution is 2.35. The topological polar surface area (TPSA) is 58.6 Å². The average Bonchev–Trinajstić information content (AvgIpc) is 2.16. The summed E-state index contributed by atoms with van der Waals surface area (Å²) in [5.41, 5.74) is 0.0366. The van der Waals surface area contributed by atoms with E-state index >= 15 is 0 Å². The fourth-order valence-electron chi connectivity index (χ4n) is 1.04. The molecule has 1 aromatic rings. The fourth-order valence-corrected chi connectivity index (χ4v) is 1.64. The second-order valence-corrected chi connectivity index (χ2v) is 3.34. The number of carbonyl (C=O) groups is 1. The lowest BCUT2D eigenvalue weighted by Crippen LogP contribution is -2.22. The molecule has 0 fully saturated rings. The number of hydrogen-bond donors (Lipinski definition) is 0. The lowest BCUT2D eigenvalue weighted by molar-refractivity contribution is -0.255. The Kier molecular flexibility index (Phi) is 3.35. The summed E-state index contributed by atoms with van der Waals surface area (Å²) in [7, 11) is 2.91. The first-order valence-corrected chi connectivity index (χ1v) is 4.52. The predicted octanol–water partition coefficient (Wildman–Crippen LogP) is 0.830. The molecule has 4 nitrogen and oxygen atoms in total. The van der Waals surface area contributed by atoms with Gasteiger partial charge in [0.2, 0.25) is 0 Å². The molecule has 0 heterocycles. The van der Waals surface area contributed by atoms with E-state index in [2.05, 4.69) is 15.9 Å². The van der Waals surface area contributed by atoms with Crippen molar-refractivity contribution in [3.8, 4) is 11.5 Å². The molecular weight excluding hydrogens is 252 g/mol. The summed E-state index contributed by atoms with van der Waals surface area (Å²) in [4.78, 5) is 10.6. The van der Waals surface area contributed by atoms with Crippen LogP contribution in [0, 0.1) is 0 Å². The molecule has 0 aromatic heterocycles. The molecule has 1 rings (SSSR count). The summed E-state index contributed by atoms with van der Waals surface area (Å²) in [5.74, 6) is -0.453. The first kappa shape index (κ1) is 10.8. The lowest BCUT2D eigenvalue weighted by atomic mass is 10.2. The van der Waals surface area contributed by atoms with Gasteiger partial charge in [-0.1, -0.05) is 0 Å². The van der Waals surface area contributed by atoms with E-state index in [0.717, 1.165) is 0 Å². The molecule has 0 unspecified atom stereocenters. The summed E-state index contributed by atoms with van der Waals surface area (Å²) in [5, 5.41) is 10.6. The van der Waals surface area contributed by atoms with E-state index in [1.807, 2.05) is 0 Å². The van der Waals surface area contributed by atoms with E-state index in [0.29, 0.717) is 16.0 Å². The SMILES string of the molecule is COc1cc(C(=O)[O-])cc(Br)c1OC. The molecule has 0 saturated heterocycles. The number of hydrogen-bond acceptors (Lipinski definition) is 4. The van der Waals surface area contributed by atoms with Gasteiger partial charge < -0.3 is 19.4 Å². The van der Waals surface area contributed by atoms with E-state index in [-0.39, 0.29) is 5.56 Å². The second kappa shape index (κ2) is 4.32. The Labute approximate surface area is 89.6 Å². The van der Waals surface area contributed by atoms with Crippen LogP contribution < -0.4 is 14.6 Å². The van der Waals surface area contributed by atoms with Gasteiger partial charge in [-0.3, -0.25) is 0 Å². The van der Waals surface area contributed by atoms with E-state index in [1.54, 1.807) is 0 Å². The number of aromatic carboxylic acids is 1. The Morgan fingerprint density at radius 1 is 1.36 bits per heavy atom. The van der Waals surface area contributed by atoms with Crippen molar-refractivity contribution in [2.75, 3.05) is 14.2 Å². The van der Waals surface area contributed by atoms with Gasteiger partial charge in [0.05, 0.1) is 24.7 Å². The fraction of sp³-hybridized carbons (Fsp3) is 0.222. The second-order valence-electron chi connectivity index (χ2n) is 2.48. The minimum absolute atomic E-state index is 0.0366. The quantitative estimate of drug-likeness (QED) is 0.807. The maximum Gasteiger partial charge on any atom is 0.174 e. The molecule has 0 aliphatic carbocycles. The maximum atomic E-state index is 10.6. The summed E-state index contributed by atoms with van der Waals surface area (Å²) < 4.78 is 10.5. The Morgan fingerprint density at radius 2 is 2.00 bits per heavy atom. The summed E-state index contributed by atoms with van der Waals surface area (Å²) in [6, 6.07) is 2.75. The van der Waals surface area contributed by atoms with Gasteiger partial charge in [0.15, 0.2) is 11.5 Å². The van der Waals surface area contributed by atoms with Gasteiger partial charge in [0.25, 0.3) is 0 Å². The number of benzene rings is 1. The number of carboxylic acids is 1. The number of methoxy groups -OCH3 is 2. The summed E-state index contributed by atoms with van der Waals surface area (Å²) in [6.45, 7) is 0. The highest BCUT2D eigenvalue weighted by atomic mass is 79.9. The van der Waals surface area contributed by atoms with E-state index in [1.165, 1.54) is 26.4 Å². The van der Waals surface area contributed by atoms with Crippen molar-refractivity contribution in [1.29, 1.82) is 0 Å². The number of halogens is 1. The van der Waals surface area contributed by atoms with Gasteiger partial charge >= 0.3 is 0 Å². The normalized spacial score (nSPS) is 9.64. The van der Waals surface area contributed by atoms with E-state index < -0.39 is 5.97 Å². The van der Waals surface area contributed by atoms with Crippen LogP contribution in [0.1, 0.15) is 10.4 Å². The van der Waals surface area contributed by atoms with E-state index in [9.17, 15) is 9.90 Å². The largest absolute Gasteiger partial charge is 0.545 e. The number of carbonyl (C=O) groups excluding carboxylic acids is 1. The third-order valence-electron chi connectivity index (χ3n) is 1.67. The van der Waals surface area contributed by atoms with E-state index in [4.69, 9.17) is 9.47 Å². The molecule has 0 saturated carbocycles. The molecule has 0 aliphatic rings. The molecule has 0 atom stereocenters. The van der Waals surface area contributed by atoms with Crippen LogP contribution in [0.2, 0.25) is 0 Å². The molecule has 14 heavy (non-hydrogen) atoms. The summed E-state index contributed by atoms with van der Waals surface area (Å²) >= 11 is 3.17. The van der Waals surface area contributed by atoms with Crippen LogP contribution in [-0.4, -0.2) is 20.2 Å².